The molecule has 39 heavy (non-hydrogen) atoms. The molecule has 0 aliphatic heterocycles. The van der Waals surface area contributed by atoms with E-state index in [0.717, 1.165) is 49.5 Å². The van der Waals surface area contributed by atoms with E-state index in [9.17, 15) is 9.59 Å². The first-order valence-electron chi connectivity index (χ1n) is 14.3. The van der Waals surface area contributed by atoms with Crippen LogP contribution in [0.5, 0.6) is 5.88 Å². The molecule has 7 heteroatoms. The quantitative estimate of drug-likeness (QED) is 0.137. The Balaban J connectivity index is 1.26. The van der Waals surface area contributed by atoms with Crippen LogP contribution in [-0.2, 0) is 9.53 Å². The number of carbonyl (C=O) groups excluding carboxylic acids is 1. The summed E-state index contributed by atoms with van der Waals surface area (Å²) in [6.45, 7) is 11.5. The number of hydrogen-bond acceptors (Lipinski definition) is 7. The second-order valence-electron chi connectivity index (χ2n) is 11.3. The maximum atomic E-state index is 12.4. The lowest BCUT2D eigenvalue weighted by Gasteiger charge is -2.32. The Hall–Kier alpha value is -3.22. The Morgan fingerprint density at radius 2 is 1.54 bits per heavy atom. The molecule has 3 heterocycles. The molecule has 0 N–H and O–H groups in total. The van der Waals surface area contributed by atoms with Gasteiger partial charge in [-0.2, -0.15) is 0 Å². The summed E-state index contributed by atoms with van der Waals surface area (Å²) in [5.74, 6) is 1.12. The fourth-order valence-corrected chi connectivity index (χ4v) is 4.62. The van der Waals surface area contributed by atoms with Gasteiger partial charge in [-0.25, -0.2) is 9.78 Å². The summed E-state index contributed by atoms with van der Waals surface area (Å²) < 4.78 is 16.9. The number of nitrogens with zero attached hydrogens (tertiary/aromatic N) is 2. The first kappa shape index (κ1) is 30.3. The van der Waals surface area contributed by atoms with Crippen LogP contribution in [0, 0.1) is 17.3 Å². The molecule has 1 unspecified atom stereocenters. The van der Waals surface area contributed by atoms with Gasteiger partial charge in [0.1, 0.15) is 5.58 Å². The Bertz CT molecular complexity index is 1240. The fourth-order valence-electron chi connectivity index (χ4n) is 4.62. The van der Waals surface area contributed by atoms with Crippen molar-refractivity contribution in [1.82, 2.24) is 9.97 Å². The summed E-state index contributed by atoms with van der Waals surface area (Å²) in [5, 5.41) is 0.747. The van der Waals surface area contributed by atoms with Gasteiger partial charge >= 0.3 is 11.6 Å². The van der Waals surface area contributed by atoms with Crippen molar-refractivity contribution in [3.63, 3.8) is 0 Å². The molecule has 0 spiro atoms. The van der Waals surface area contributed by atoms with E-state index in [-0.39, 0.29) is 11.9 Å². The molecular weight excluding hydrogens is 492 g/mol. The second-order valence-corrected chi connectivity index (χ2v) is 11.3. The van der Waals surface area contributed by atoms with Crippen LogP contribution in [0.1, 0.15) is 86.0 Å². The predicted molar refractivity (Wildman–Crippen MR) is 155 cm³/mol. The molecule has 3 rings (SSSR count). The highest BCUT2D eigenvalue weighted by molar-refractivity contribution is 5.81. The molecular formula is C32H44N2O5. The number of rotatable bonds is 16. The van der Waals surface area contributed by atoms with E-state index in [1.807, 2.05) is 13.8 Å². The molecule has 0 aliphatic carbocycles. The van der Waals surface area contributed by atoms with Crippen molar-refractivity contribution < 1.29 is 18.7 Å². The van der Waals surface area contributed by atoms with Gasteiger partial charge in [0.05, 0.1) is 24.2 Å². The molecule has 0 aromatic carbocycles. The standard InChI is InChI=1S/C32H44N2O5/c1-23(2)24(3)32(4,5)31(36)38-19-13-11-9-7-6-8-10-12-18-37-29-21-28-26(22-34-29)20-27(30(35)39-28)25-14-16-33-17-15-25/h14-17,20-24H,6-13,18-19H2,1-5H3. The number of hydrogen-bond donors (Lipinski definition) is 0. The number of pyridine rings is 2. The minimum Gasteiger partial charge on any atom is -0.478 e. The fraction of sp³-hybridized carbons (Fsp3) is 0.562. The lowest BCUT2D eigenvalue weighted by molar-refractivity contribution is -0.158. The van der Waals surface area contributed by atoms with Crippen LogP contribution in [0.4, 0.5) is 0 Å². The third kappa shape index (κ3) is 8.91. The summed E-state index contributed by atoms with van der Waals surface area (Å²) >= 11 is 0. The van der Waals surface area contributed by atoms with E-state index in [1.165, 1.54) is 12.8 Å². The van der Waals surface area contributed by atoms with Crippen LogP contribution in [0.15, 0.2) is 52.1 Å². The van der Waals surface area contributed by atoms with Gasteiger partial charge in [-0.05, 0) is 62.3 Å². The third-order valence-electron chi connectivity index (χ3n) is 7.77. The number of esters is 1. The number of fused-ring (bicyclic) bond motifs is 1. The smallest absolute Gasteiger partial charge is 0.344 e. The molecule has 0 bridgehead atoms. The zero-order valence-corrected chi connectivity index (χ0v) is 24.2. The molecule has 0 fully saturated rings. The van der Waals surface area contributed by atoms with Crippen molar-refractivity contribution >= 4 is 16.9 Å². The molecule has 1 atom stereocenters. The van der Waals surface area contributed by atoms with E-state index in [4.69, 9.17) is 13.9 Å². The van der Waals surface area contributed by atoms with Crippen LogP contribution in [0.3, 0.4) is 0 Å². The molecule has 212 valence electrons. The summed E-state index contributed by atoms with van der Waals surface area (Å²) in [6, 6.07) is 7.02. The van der Waals surface area contributed by atoms with Gasteiger partial charge < -0.3 is 13.9 Å². The summed E-state index contributed by atoms with van der Waals surface area (Å²) in [7, 11) is 0. The highest BCUT2D eigenvalue weighted by Crippen LogP contribution is 2.33. The Kier molecular flexibility index (Phi) is 11.5. The average molecular weight is 537 g/mol. The zero-order valence-electron chi connectivity index (χ0n) is 24.2. The van der Waals surface area contributed by atoms with E-state index in [0.29, 0.717) is 36.2 Å². The topological polar surface area (TPSA) is 91.5 Å². The molecule has 0 amide bonds. The summed E-state index contributed by atoms with van der Waals surface area (Å²) in [6.07, 6.45) is 13.7. The monoisotopic (exact) mass is 536 g/mol. The highest BCUT2D eigenvalue weighted by atomic mass is 16.5. The maximum Gasteiger partial charge on any atom is 0.344 e. The SMILES string of the molecule is CC(C)C(C)C(C)(C)C(=O)OCCCCCCCCCCOc1cc2oc(=O)c(-c3ccncc3)cc2cn1. The molecule has 3 aromatic rings. The summed E-state index contributed by atoms with van der Waals surface area (Å²) in [5.41, 5.74) is 0.874. The minimum atomic E-state index is -0.442. The average Bonchev–Trinajstić information content (AvgIpc) is 2.92. The van der Waals surface area contributed by atoms with Crippen molar-refractivity contribution in [2.75, 3.05) is 13.2 Å². The number of carbonyl (C=O) groups is 1. The first-order chi connectivity index (χ1) is 18.7. The third-order valence-corrected chi connectivity index (χ3v) is 7.77. The van der Waals surface area contributed by atoms with Gasteiger partial charge in [0, 0.05) is 30.0 Å². The molecule has 0 radical (unpaired) electrons. The largest absolute Gasteiger partial charge is 0.478 e. The minimum absolute atomic E-state index is 0.0792. The molecule has 0 aliphatic rings. The highest BCUT2D eigenvalue weighted by Gasteiger charge is 2.36. The molecule has 0 saturated heterocycles. The summed E-state index contributed by atoms with van der Waals surface area (Å²) in [4.78, 5) is 33.2. The lowest BCUT2D eigenvalue weighted by Crippen LogP contribution is -2.35. The molecule has 3 aromatic heterocycles. The van der Waals surface area contributed by atoms with Gasteiger partial charge in [0.15, 0.2) is 0 Å². The van der Waals surface area contributed by atoms with Crippen molar-refractivity contribution in [3.8, 4) is 17.0 Å². The number of ether oxygens (including phenoxy) is 2. The van der Waals surface area contributed by atoms with E-state index < -0.39 is 11.0 Å². The van der Waals surface area contributed by atoms with Crippen LogP contribution in [0.2, 0.25) is 0 Å². The van der Waals surface area contributed by atoms with Crippen molar-refractivity contribution in [3.05, 3.63) is 53.3 Å². The van der Waals surface area contributed by atoms with Crippen LogP contribution >= 0.6 is 0 Å². The van der Waals surface area contributed by atoms with Crippen LogP contribution in [-0.4, -0.2) is 29.2 Å². The van der Waals surface area contributed by atoms with E-state index in [1.54, 1.807) is 42.9 Å². The number of aromatic nitrogens is 2. The van der Waals surface area contributed by atoms with Gasteiger partial charge in [-0.1, -0.05) is 59.3 Å². The van der Waals surface area contributed by atoms with E-state index >= 15 is 0 Å². The van der Waals surface area contributed by atoms with Gasteiger partial charge in [0.25, 0.3) is 0 Å². The van der Waals surface area contributed by atoms with E-state index in [2.05, 4.69) is 30.7 Å². The van der Waals surface area contributed by atoms with Gasteiger partial charge in [0.2, 0.25) is 5.88 Å². The van der Waals surface area contributed by atoms with Crippen LogP contribution in [0.25, 0.3) is 22.1 Å². The second kappa shape index (κ2) is 14.8. The van der Waals surface area contributed by atoms with Crippen molar-refractivity contribution in [1.29, 1.82) is 0 Å². The lowest BCUT2D eigenvalue weighted by atomic mass is 9.74. The Labute approximate surface area is 232 Å². The Morgan fingerprint density at radius 3 is 2.18 bits per heavy atom. The van der Waals surface area contributed by atoms with Gasteiger partial charge in [-0.3, -0.25) is 9.78 Å². The van der Waals surface area contributed by atoms with Crippen LogP contribution < -0.4 is 10.4 Å². The predicted octanol–water partition coefficient (Wildman–Crippen LogP) is 7.61. The van der Waals surface area contributed by atoms with Crippen molar-refractivity contribution in [2.24, 2.45) is 17.3 Å². The normalized spacial score (nSPS) is 12.6. The molecule has 0 saturated carbocycles. The Morgan fingerprint density at radius 1 is 0.923 bits per heavy atom. The van der Waals surface area contributed by atoms with Crippen molar-refractivity contribution in [2.45, 2.75) is 86.0 Å². The zero-order chi connectivity index (χ0) is 28.3. The first-order valence-corrected chi connectivity index (χ1v) is 14.3. The number of unbranched alkanes of at least 4 members (excludes halogenated alkanes) is 7. The van der Waals surface area contributed by atoms with Gasteiger partial charge in [-0.15, -0.1) is 0 Å². The molecule has 7 nitrogen and oxygen atoms in total. The maximum absolute atomic E-state index is 12.4.